The summed E-state index contributed by atoms with van der Waals surface area (Å²) >= 11 is 18.0. The average molecular weight is 367 g/mol. The molecule has 0 unspecified atom stereocenters. The molecule has 0 saturated carbocycles. The number of carbonyl (C=O) groups excluding carboxylic acids is 1. The normalized spacial score (nSPS) is 10.7. The summed E-state index contributed by atoms with van der Waals surface area (Å²) in [4.78, 5) is 16.8. The highest BCUT2D eigenvalue weighted by atomic mass is 35.5. The van der Waals surface area contributed by atoms with Gasteiger partial charge in [-0.2, -0.15) is 0 Å². The summed E-state index contributed by atoms with van der Waals surface area (Å²) in [5, 5.41) is 4.48. The van der Waals surface area contributed by atoms with Gasteiger partial charge >= 0.3 is 0 Å². The topological polar surface area (TPSA) is 68.0 Å². The SMILES string of the molecule is Nc1c(Cl)cc(NC(=O)c2cc(Cl)cc3cccnc23)cc1Cl. The third kappa shape index (κ3) is 3.20. The third-order valence-corrected chi connectivity index (χ3v) is 4.09. The van der Waals surface area contributed by atoms with E-state index in [1.54, 1.807) is 24.4 Å². The van der Waals surface area contributed by atoms with E-state index in [4.69, 9.17) is 40.5 Å². The first-order valence-corrected chi connectivity index (χ1v) is 7.69. The number of nitrogen functional groups attached to an aromatic ring is 1. The maximum Gasteiger partial charge on any atom is 0.257 e. The number of rotatable bonds is 2. The number of nitrogens with two attached hydrogens (primary N) is 1. The van der Waals surface area contributed by atoms with Crippen LogP contribution in [0.1, 0.15) is 10.4 Å². The number of amides is 1. The lowest BCUT2D eigenvalue weighted by Gasteiger charge is -2.10. The number of aromatic nitrogens is 1. The number of hydrogen-bond acceptors (Lipinski definition) is 3. The van der Waals surface area contributed by atoms with Gasteiger partial charge in [-0.15, -0.1) is 0 Å². The van der Waals surface area contributed by atoms with Crippen LogP contribution in [-0.2, 0) is 0 Å². The van der Waals surface area contributed by atoms with Crippen LogP contribution in [0.2, 0.25) is 15.1 Å². The summed E-state index contributed by atoms with van der Waals surface area (Å²) in [6.07, 6.45) is 1.62. The van der Waals surface area contributed by atoms with Crippen LogP contribution in [-0.4, -0.2) is 10.9 Å². The quantitative estimate of drug-likeness (QED) is 0.625. The Hall–Kier alpha value is -2.01. The van der Waals surface area contributed by atoms with E-state index >= 15 is 0 Å². The van der Waals surface area contributed by atoms with E-state index in [2.05, 4.69) is 10.3 Å². The van der Waals surface area contributed by atoms with Crippen molar-refractivity contribution in [2.45, 2.75) is 0 Å². The number of nitrogens with zero attached hydrogens (tertiary/aromatic N) is 1. The van der Waals surface area contributed by atoms with Crippen LogP contribution >= 0.6 is 34.8 Å². The fourth-order valence-corrected chi connectivity index (χ4v) is 2.90. The van der Waals surface area contributed by atoms with Gasteiger partial charge < -0.3 is 11.1 Å². The first-order valence-electron chi connectivity index (χ1n) is 6.56. The van der Waals surface area contributed by atoms with Crippen molar-refractivity contribution in [1.82, 2.24) is 4.98 Å². The Morgan fingerprint density at radius 3 is 2.48 bits per heavy atom. The molecule has 0 aliphatic rings. The van der Waals surface area contributed by atoms with Crippen molar-refractivity contribution >= 4 is 63.0 Å². The van der Waals surface area contributed by atoms with E-state index in [1.165, 1.54) is 12.1 Å². The Kier molecular flexibility index (Phi) is 4.31. The van der Waals surface area contributed by atoms with E-state index in [0.29, 0.717) is 21.8 Å². The molecule has 0 fully saturated rings. The molecule has 3 aromatic rings. The van der Waals surface area contributed by atoms with Crippen molar-refractivity contribution in [1.29, 1.82) is 0 Å². The second kappa shape index (κ2) is 6.24. The van der Waals surface area contributed by atoms with Crippen LogP contribution in [0.3, 0.4) is 0 Å². The molecular formula is C16H10Cl3N3O. The van der Waals surface area contributed by atoms with Gasteiger partial charge in [-0.3, -0.25) is 9.78 Å². The number of hydrogen-bond donors (Lipinski definition) is 2. The number of halogens is 3. The van der Waals surface area contributed by atoms with Crippen molar-refractivity contribution in [3.05, 3.63) is 63.2 Å². The van der Waals surface area contributed by atoms with Crippen LogP contribution in [0.4, 0.5) is 11.4 Å². The molecule has 1 heterocycles. The standard InChI is InChI=1S/C16H10Cl3N3O/c17-9-4-8-2-1-3-21-15(8)11(5-9)16(23)22-10-6-12(18)14(20)13(19)7-10/h1-7H,20H2,(H,22,23). The summed E-state index contributed by atoms with van der Waals surface area (Å²) in [7, 11) is 0. The van der Waals surface area contributed by atoms with Crippen LogP contribution < -0.4 is 11.1 Å². The van der Waals surface area contributed by atoms with Gasteiger partial charge in [0.2, 0.25) is 0 Å². The van der Waals surface area contributed by atoms with E-state index in [0.717, 1.165) is 5.39 Å². The van der Waals surface area contributed by atoms with Crippen molar-refractivity contribution < 1.29 is 4.79 Å². The number of nitrogens with one attached hydrogen (secondary N) is 1. The minimum absolute atomic E-state index is 0.265. The molecular weight excluding hydrogens is 357 g/mol. The molecule has 2 aromatic carbocycles. The van der Waals surface area contributed by atoms with E-state index < -0.39 is 0 Å². The van der Waals surface area contributed by atoms with Crippen LogP contribution in [0, 0.1) is 0 Å². The first-order chi connectivity index (χ1) is 11.0. The summed E-state index contributed by atoms with van der Waals surface area (Å²) in [5.41, 5.74) is 7.30. The molecule has 0 aliphatic carbocycles. The fourth-order valence-electron chi connectivity index (χ4n) is 2.18. The number of carbonyl (C=O) groups is 1. The molecule has 0 spiro atoms. The highest BCUT2D eigenvalue weighted by Gasteiger charge is 2.14. The molecule has 0 bridgehead atoms. The summed E-state index contributed by atoms with van der Waals surface area (Å²) in [5.74, 6) is -0.367. The van der Waals surface area contributed by atoms with Crippen LogP contribution in [0.5, 0.6) is 0 Å². The largest absolute Gasteiger partial charge is 0.396 e. The lowest BCUT2D eigenvalue weighted by Crippen LogP contribution is -2.13. The second-order valence-corrected chi connectivity index (χ2v) is 6.09. The second-order valence-electron chi connectivity index (χ2n) is 4.84. The fraction of sp³-hybridized carbons (Fsp3) is 0. The number of fused-ring (bicyclic) bond motifs is 1. The Bertz CT molecular complexity index is 905. The summed E-state index contributed by atoms with van der Waals surface area (Å²) in [6, 6.07) is 9.98. The Morgan fingerprint density at radius 2 is 1.78 bits per heavy atom. The van der Waals surface area contributed by atoms with Gasteiger partial charge in [-0.25, -0.2) is 0 Å². The molecule has 0 aliphatic heterocycles. The Balaban J connectivity index is 2.01. The van der Waals surface area contributed by atoms with Crippen LogP contribution in [0.25, 0.3) is 10.9 Å². The maximum atomic E-state index is 12.6. The van der Waals surface area contributed by atoms with Gasteiger partial charge in [0, 0.05) is 22.3 Å². The van der Waals surface area contributed by atoms with E-state index in [1.807, 2.05) is 6.07 Å². The van der Waals surface area contributed by atoms with Crippen molar-refractivity contribution in [3.8, 4) is 0 Å². The first kappa shape index (κ1) is 15.9. The molecule has 3 rings (SSSR count). The maximum absolute atomic E-state index is 12.6. The lowest BCUT2D eigenvalue weighted by molar-refractivity contribution is 0.102. The highest BCUT2D eigenvalue weighted by molar-refractivity contribution is 6.39. The van der Waals surface area contributed by atoms with Crippen molar-refractivity contribution in [2.75, 3.05) is 11.1 Å². The van der Waals surface area contributed by atoms with Gasteiger partial charge in [-0.1, -0.05) is 40.9 Å². The van der Waals surface area contributed by atoms with E-state index in [-0.39, 0.29) is 21.6 Å². The molecule has 7 heteroatoms. The smallest absolute Gasteiger partial charge is 0.257 e. The predicted molar refractivity (Wildman–Crippen MR) is 95.6 cm³/mol. The Labute approximate surface area is 147 Å². The molecule has 1 aromatic heterocycles. The minimum Gasteiger partial charge on any atom is -0.396 e. The summed E-state index contributed by atoms with van der Waals surface area (Å²) < 4.78 is 0. The average Bonchev–Trinajstić information content (AvgIpc) is 2.51. The molecule has 0 atom stereocenters. The minimum atomic E-state index is -0.367. The molecule has 0 radical (unpaired) electrons. The van der Waals surface area contributed by atoms with Gasteiger partial charge in [0.05, 0.1) is 26.8 Å². The molecule has 4 nitrogen and oxygen atoms in total. The molecule has 0 saturated heterocycles. The third-order valence-electron chi connectivity index (χ3n) is 3.25. The van der Waals surface area contributed by atoms with Crippen molar-refractivity contribution in [2.24, 2.45) is 0 Å². The van der Waals surface area contributed by atoms with Gasteiger partial charge in [0.25, 0.3) is 5.91 Å². The molecule has 116 valence electrons. The van der Waals surface area contributed by atoms with Crippen LogP contribution in [0.15, 0.2) is 42.6 Å². The number of pyridine rings is 1. The zero-order chi connectivity index (χ0) is 16.6. The van der Waals surface area contributed by atoms with Gasteiger partial charge in [0.1, 0.15) is 0 Å². The van der Waals surface area contributed by atoms with Gasteiger partial charge in [-0.05, 0) is 30.3 Å². The predicted octanol–water partition coefficient (Wildman–Crippen LogP) is 5.03. The zero-order valence-corrected chi connectivity index (χ0v) is 13.9. The van der Waals surface area contributed by atoms with Crippen molar-refractivity contribution in [3.63, 3.8) is 0 Å². The molecule has 1 amide bonds. The molecule has 3 N–H and O–H groups in total. The number of anilines is 2. The van der Waals surface area contributed by atoms with E-state index in [9.17, 15) is 4.79 Å². The molecule has 23 heavy (non-hydrogen) atoms. The summed E-state index contributed by atoms with van der Waals surface area (Å²) in [6.45, 7) is 0. The van der Waals surface area contributed by atoms with Gasteiger partial charge in [0.15, 0.2) is 0 Å². The monoisotopic (exact) mass is 365 g/mol. The Morgan fingerprint density at radius 1 is 1.09 bits per heavy atom. The number of benzene rings is 2. The lowest BCUT2D eigenvalue weighted by atomic mass is 10.1. The highest BCUT2D eigenvalue weighted by Crippen LogP contribution is 2.31. The zero-order valence-electron chi connectivity index (χ0n) is 11.6.